The summed E-state index contributed by atoms with van der Waals surface area (Å²) in [5, 5.41) is 13.3. The molecule has 1 aromatic heterocycles. The molecule has 2 aliphatic rings. The summed E-state index contributed by atoms with van der Waals surface area (Å²) in [4.78, 5) is 32.7. The Labute approximate surface area is 170 Å². The van der Waals surface area contributed by atoms with Gasteiger partial charge in [0.05, 0.1) is 30.1 Å². The van der Waals surface area contributed by atoms with Crippen molar-refractivity contribution in [2.45, 2.75) is 70.0 Å². The number of benzene rings is 1. The van der Waals surface area contributed by atoms with Crippen molar-refractivity contribution >= 4 is 16.9 Å². The molecule has 2 aromatic rings. The smallest absolute Gasteiger partial charge is 0.318 e. The van der Waals surface area contributed by atoms with Crippen LogP contribution in [-0.4, -0.2) is 44.8 Å². The van der Waals surface area contributed by atoms with E-state index in [1.165, 1.54) is 12.8 Å². The number of amides is 2. The molecule has 7 heteroatoms. The largest absolute Gasteiger partial charge is 0.395 e. The van der Waals surface area contributed by atoms with Crippen LogP contribution in [0, 0.1) is 0 Å². The van der Waals surface area contributed by atoms with E-state index < -0.39 is 0 Å². The second-order valence-electron chi connectivity index (χ2n) is 8.16. The van der Waals surface area contributed by atoms with Gasteiger partial charge in [-0.25, -0.2) is 9.78 Å². The summed E-state index contributed by atoms with van der Waals surface area (Å²) in [6.45, 7) is 0.694. The molecule has 1 saturated carbocycles. The Kier molecular flexibility index (Phi) is 6.13. The van der Waals surface area contributed by atoms with E-state index in [1.54, 1.807) is 10.6 Å². The average molecular weight is 399 g/mol. The van der Waals surface area contributed by atoms with Gasteiger partial charge in [-0.2, -0.15) is 0 Å². The van der Waals surface area contributed by atoms with Crippen LogP contribution in [0.1, 0.15) is 63.2 Å². The van der Waals surface area contributed by atoms with Gasteiger partial charge in [-0.3, -0.25) is 9.36 Å². The van der Waals surface area contributed by atoms with Gasteiger partial charge in [0.1, 0.15) is 5.82 Å². The van der Waals surface area contributed by atoms with E-state index in [4.69, 9.17) is 4.98 Å². The second kappa shape index (κ2) is 8.95. The minimum atomic E-state index is -0.246. The first-order valence-corrected chi connectivity index (χ1v) is 10.9. The zero-order valence-electron chi connectivity index (χ0n) is 16.8. The van der Waals surface area contributed by atoms with Gasteiger partial charge in [0.2, 0.25) is 0 Å². The van der Waals surface area contributed by atoms with Crippen molar-refractivity contribution in [1.82, 2.24) is 19.8 Å². The third-order valence-electron chi connectivity index (χ3n) is 6.21. The van der Waals surface area contributed by atoms with E-state index in [1.807, 2.05) is 23.1 Å². The highest BCUT2D eigenvalue weighted by molar-refractivity contribution is 5.78. The van der Waals surface area contributed by atoms with Crippen molar-refractivity contribution in [1.29, 1.82) is 0 Å². The molecule has 0 spiro atoms. The number of hydrogen-bond acceptors (Lipinski definition) is 4. The number of rotatable bonds is 4. The molecule has 156 valence electrons. The number of hydrogen-bond donors (Lipinski definition) is 2. The monoisotopic (exact) mass is 398 g/mol. The van der Waals surface area contributed by atoms with Gasteiger partial charge in [-0.1, -0.05) is 37.8 Å². The van der Waals surface area contributed by atoms with Gasteiger partial charge < -0.3 is 15.3 Å². The zero-order valence-corrected chi connectivity index (χ0v) is 16.8. The molecule has 1 aromatic carbocycles. The number of urea groups is 1. The molecular formula is C22H30N4O3. The van der Waals surface area contributed by atoms with Crippen LogP contribution in [0.15, 0.2) is 29.1 Å². The molecule has 4 rings (SSSR count). The Bertz CT molecular complexity index is 918. The standard InChI is InChI=1S/C22H30N4O3/c27-15-14-26-20(24-18-11-6-5-10-17(18)21(26)28)19-12-7-13-25(19)22(29)23-16-8-3-1-2-4-9-16/h5-6,10-11,16,19,27H,1-4,7-9,12-15H2,(H,23,29). The molecule has 1 atom stereocenters. The maximum Gasteiger partial charge on any atom is 0.318 e. The number of fused-ring (bicyclic) bond motifs is 1. The van der Waals surface area contributed by atoms with Crippen LogP contribution in [0.5, 0.6) is 0 Å². The lowest BCUT2D eigenvalue weighted by Crippen LogP contribution is -2.45. The van der Waals surface area contributed by atoms with Crippen LogP contribution in [0.25, 0.3) is 10.9 Å². The molecule has 2 heterocycles. The summed E-state index contributed by atoms with van der Waals surface area (Å²) in [6.07, 6.45) is 8.54. The lowest BCUT2D eigenvalue weighted by Gasteiger charge is -2.28. The van der Waals surface area contributed by atoms with Gasteiger partial charge in [-0.15, -0.1) is 0 Å². The van der Waals surface area contributed by atoms with Crippen LogP contribution in [0.2, 0.25) is 0 Å². The number of carbonyl (C=O) groups excluding carboxylic acids is 1. The van der Waals surface area contributed by atoms with E-state index in [9.17, 15) is 14.7 Å². The van der Waals surface area contributed by atoms with Crippen LogP contribution in [0.3, 0.4) is 0 Å². The van der Waals surface area contributed by atoms with Gasteiger partial charge in [-0.05, 0) is 37.8 Å². The molecule has 1 saturated heterocycles. The molecular weight excluding hydrogens is 368 g/mol. The number of likely N-dealkylation sites (tertiary alicyclic amines) is 1. The predicted octanol–water partition coefficient (Wildman–Crippen LogP) is 2.96. The summed E-state index contributed by atoms with van der Waals surface area (Å²) in [6, 6.07) is 7.19. The van der Waals surface area contributed by atoms with Gasteiger partial charge >= 0.3 is 6.03 Å². The maximum atomic E-state index is 13.1. The molecule has 29 heavy (non-hydrogen) atoms. The number of aromatic nitrogens is 2. The van der Waals surface area contributed by atoms with Crippen LogP contribution in [0.4, 0.5) is 4.79 Å². The Hall–Kier alpha value is -2.41. The summed E-state index contributed by atoms with van der Waals surface area (Å²) < 4.78 is 1.55. The number of nitrogens with one attached hydrogen (secondary N) is 1. The number of para-hydroxylation sites is 1. The predicted molar refractivity (Wildman–Crippen MR) is 112 cm³/mol. The maximum absolute atomic E-state index is 13.1. The number of aliphatic hydroxyl groups is 1. The van der Waals surface area contributed by atoms with E-state index in [0.717, 1.165) is 38.5 Å². The number of carbonyl (C=O) groups is 1. The zero-order chi connectivity index (χ0) is 20.2. The fourth-order valence-corrected chi connectivity index (χ4v) is 4.72. The third-order valence-corrected chi connectivity index (χ3v) is 6.21. The summed E-state index contributed by atoms with van der Waals surface area (Å²) in [5.74, 6) is 0.580. The van der Waals surface area contributed by atoms with Gasteiger partial charge in [0.25, 0.3) is 5.56 Å². The van der Waals surface area contributed by atoms with Crippen molar-refractivity contribution < 1.29 is 9.90 Å². The lowest BCUT2D eigenvalue weighted by atomic mass is 10.1. The lowest BCUT2D eigenvalue weighted by molar-refractivity contribution is 0.183. The molecule has 1 aliphatic carbocycles. The molecule has 2 amide bonds. The van der Waals surface area contributed by atoms with Crippen LogP contribution < -0.4 is 10.9 Å². The van der Waals surface area contributed by atoms with E-state index in [0.29, 0.717) is 23.3 Å². The first-order valence-electron chi connectivity index (χ1n) is 10.9. The first-order chi connectivity index (χ1) is 14.2. The van der Waals surface area contributed by atoms with Crippen molar-refractivity contribution in [3.05, 3.63) is 40.4 Å². The molecule has 1 unspecified atom stereocenters. The molecule has 2 fully saturated rings. The summed E-state index contributed by atoms with van der Waals surface area (Å²) in [7, 11) is 0. The van der Waals surface area contributed by atoms with Crippen LogP contribution in [-0.2, 0) is 6.54 Å². The van der Waals surface area contributed by atoms with Crippen molar-refractivity contribution in [3.63, 3.8) is 0 Å². The van der Waals surface area contributed by atoms with E-state index >= 15 is 0 Å². The van der Waals surface area contributed by atoms with E-state index in [2.05, 4.69) is 5.32 Å². The van der Waals surface area contributed by atoms with Crippen molar-refractivity contribution in [3.8, 4) is 0 Å². The molecule has 7 nitrogen and oxygen atoms in total. The van der Waals surface area contributed by atoms with Crippen LogP contribution >= 0.6 is 0 Å². The average Bonchev–Trinajstić information content (AvgIpc) is 3.08. The Morgan fingerprint density at radius 2 is 1.86 bits per heavy atom. The van der Waals surface area contributed by atoms with Gasteiger partial charge in [0, 0.05) is 12.6 Å². The summed E-state index contributed by atoms with van der Waals surface area (Å²) >= 11 is 0. The van der Waals surface area contributed by atoms with Crippen molar-refractivity contribution in [2.24, 2.45) is 0 Å². The highest BCUT2D eigenvalue weighted by Crippen LogP contribution is 2.31. The fraction of sp³-hybridized carbons (Fsp3) is 0.591. The summed E-state index contributed by atoms with van der Waals surface area (Å²) in [5.41, 5.74) is 0.480. The SMILES string of the molecule is O=C(NC1CCCCCC1)N1CCCC1c1nc2ccccc2c(=O)n1CCO. The second-order valence-corrected chi connectivity index (χ2v) is 8.16. The fourth-order valence-electron chi connectivity index (χ4n) is 4.72. The minimum absolute atomic E-state index is 0.0580. The van der Waals surface area contributed by atoms with Crippen molar-refractivity contribution in [2.75, 3.05) is 13.2 Å². The minimum Gasteiger partial charge on any atom is -0.395 e. The quantitative estimate of drug-likeness (QED) is 0.775. The number of nitrogens with zero attached hydrogens (tertiary/aromatic N) is 3. The Morgan fingerprint density at radius 1 is 1.10 bits per heavy atom. The molecule has 0 radical (unpaired) electrons. The molecule has 2 N–H and O–H groups in total. The highest BCUT2D eigenvalue weighted by atomic mass is 16.3. The normalized spacial score (nSPS) is 20.7. The van der Waals surface area contributed by atoms with Gasteiger partial charge in [0.15, 0.2) is 0 Å². The first kappa shape index (κ1) is 19.9. The highest BCUT2D eigenvalue weighted by Gasteiger charge is 2.34. The molecule has 0 bridgehead atoms. The third kappa shape index (κ3) is 4.15. The Morgan fingerprint density at radius 3 is 2.62 bits per heavy atom. The topological polar surface area (TPSA) is 87.5 Å². The van der Waals surface area contributed by atoms with E-state index in [-0.39, 0.29) is 36.8 Å². The number of aliphatic hydroxyl groups excluding tert-OH is 1. The molecule has 1 aliphatic heterocycles. The Balaban J connectivity index is 1.64.